The lowest BCUT2D eigenvalue weighted by molar-refractivity contribution is 0.587. The molecule has 0 aliphatic heterocycles. The van der Waals surface area contributed by atoms with Crippen molar-refractivity contribution in [3.8, 4) is 0 Å². The number of benzene rings is 2. The van der Waals surface area contributed by atoms with Gasteiger partial charge in [0, 0.05) is 5.02 Å². The van der Waals surface area contributed by atoms with Crippen LogP contribution in [0.25, 0.3) is 0 Å². The molecule has 0 saturated carbocycles. The van der Waals surface area contributed by atoms with Gasteiger partial charge in [0.15, 0.2) is 0 Å². The molecule has 0 amide bonds. The molecule has 2 rings (SSSR count). The monoisotopic (exact) mass is 359 g/mol. The van der Waals surface area contributed by atoms with E-state index in [9.17, 15) is 8.78 Å². The summed E-state index contributed by atoms with van der Waals surface area (Å²) in [7, 11) is 0. The Morgan fingerprint density at radius 2 is 1.95 bits per heavy atom. The van der Waals surface area contributed by atoms with Crippen molar-refractivity contribution >= 4 is 27.5 Å². The largest absolute Gasteiger partial charge is 0.306 e. The predicted molar refractivity (Wildman–Crippen MR) is 81.0 cm³/mol. The fourth-order valence-electron chi connectivity index (χ4n) is 2.07. The maximum atomic E-state index is 13.7. The molecule has 2 aromatic carbocycles. The van der Waals surface area contributed by atoms with E-state index in [1.54, 1.807) is 12.1 Å². The van der Waals surface area contributed by atoms with Crippen LogP contribution in [0.3, 0.4) is 0 Å². The summed E-state index contributed by atoms with van der Waals surface area (Å²) in [6, 6.07) is 8.55. The highest BCUT2D eigenvalue weighted by Crippen LogP contribution is 2.34. The molecule has 20 heavy (non-hydrogen) atoms. The smallest absolute Gasteiger partial charge is 0.137 e. The lowest BCUT2D eigenvalue weighted by atomic mass is 9.98. The molecule has 0 aromatic heterocycles. The van der Waals surface area contributed by atoms with Gasteiger partial charge in [-0.2, -0.15) is 0 Å². The quantitative estimate of drug-likeness (QED) is 0.802. The molecule has 1 N–H and O–H groups in total. The van der Waals surface area contributed by atoms with Gasteiger partial charge in [-0.1, -0.05) is 30.7 Å². The van der Waals surface area contributed by atoms with Gasteiger partial charge in [-0.05, 0) is 57.9 Å². The van der Waals surface area contributed by atoms with Gasteiger partial charge < -0.3 is 5.32 Å². The van der Waals surface area contributed by atoms with Gasteiger partial charge in [0.25, 0.3) is 0 Å². The highest BCUT2D eigenvalue weighted by atomic mass is 79.9. The van der Waals surface area contributed by atoms with Gasteiger partial charge in [0.1, 0.15) is 11.6 Å². The van der Waals surface area contributed by atoms with E-state index in [4.69, 9.17) is 11.6 Å². The van der Waals surface area contributed by atoms with E-state index in [0.717, 1.165) is 0 Å². The van der Waals surface area contributed by atoms with E-state index < -0.39 is 0 Å². The van der Waals surface area contributed by atoms with Gasteiger partial charge in [0.05, 0.1) is 10.5 Å². The van der Waals surface area contributed by atoms with Gasteiger partial charge in [-0.25, -0.2) is 8.78 Å². The van der Waals surface area contributed by atoms with Crippen LogP contribution in [-0.4, -0.2) is 6.54 Å². The van der Waals surface area contributed by atoms with Crippen molar-refractivity contribution in [2.45, 2.75) is 13.0 Å². The van der Waals surface area contributed by atoms with E-state index in [0.29, 0.717) is 27.2 Å². The van der Waals surface area contributed by atoms with Gasteiger partial charge in [-0.15, -0.1) is 0 Å². The maximum Gasteiger partial charge on any atom is 0.137 e. The first-order chi connectivity index (χ1) is 9.54. The van der Waals surface area contributed by atoms with Crippen molar-refractivity contribution in [2.75, 3.05) is 6.54 Å². The second-order valence-corrected chi connectivity index (χ2v) is 5.50. The molecule has 0 aliphatic rings. The van der Waals surface area contributed by atoms with E-state index in [1.165, 1.54) is 24.3 Å². The summed E-state index contributed by atoms with van der Waals surface area (Å²) in [6.45, 7) is 2.56. The van der Waals surface area contributed by atoms with Gasteiger partial charge in [-0.3, -0.25) is 0 Å². The molecule has 0 fully saturated rings. The second-order valence-electron chi connectivity index (χ2n) is 4.30. The third kappa shape index (κ3) is 3.19. The number of hydrogen-bond donors (Lipinski definition) is 1. The Balaban J connectivity index is 2.56. The number of hydrogen-bond acceptors (Lipinski definition) is 1. The lowest BCUT2D eigenvalue weighted by Gasteiger charge is -2.21. The third-order valence-electron chi connectivity index (χ3n) is 2.97. The Labute approximate surface area is 130 Å². The number of halogens is 4. The molecule has 5 heteroatoms. The molecular formula is C15H13BrClF2N. The fraction of sp³-hybridized carbons (Fsp3) is 0.200. The van der Waals surface area contributed by atoms with Crippen molar-refractivity contribution in [2.24, 2.45) is 0 Å². The second kappa shape index (κ2) is 6.66. The highest BCUT2D eigenvalue weighted by Gasteiger charge is 2.20. The topological polar surface area (TPSA) is 12.0 Å². The standard InChI is InChI=1S/C15H13BrClF2N/c1-2-20-15(10-4-3-5-13(19)14(10)16)11-8-9(18)6-7-12(11)17/h3-8,15,20H,2H2,1H3. The van der Waals surface area contributed by atoms with Crippen LogP contribution >= 0.6 is 27.5 Å². The minimum atomic E-state index is -0.381. The zero-order valence-corrected chi connectivity index (χ0v) is 13.1. The van der Waals surface area contributed by atoms with Crippen molar-refractivity contribution < 1.29 is 8.78 Å². The highest BCUT2D eigenvalue weighted by molar-refractivity contribution is 9.10. The van der Waals surface area contributed by atoms with Crippen LogP contribution in [0.1, 0.15) is 24.1 Å². The lowest BCUT2D eigenvalue weighted by Crippen LogP contribution is -2.23. The Morgan fingerprint density at radius 3 is 2.65 bits per heavy atom. The van der Waals surface area contributed by atoms with Crippen molar-refractivity contribution in [3.05, 3.63) is 68.7 Å². The first-order valence-corrected chi connectivity index (χ1v) is 7.34. The summed E-state index contributed by atoms with van der Waals surface area (Å²) in [5.74, 6) is -0.738. The molecule has 0 saturated heterocycles. The summed E-state index contributed by atoms with van der Waals surface area (Å²) in [5, 5.41) is 3.64. The van der Waals surface area contributed by atoms with Crippen molar-refractivity contribution in [3.63, 3.8) is 0 Å². The predicted octanol–water partition coefficient (Wildman–Crippen LogP) is 5.08. The van der Waals surface area contributed by atoms with Crippen LogP contribution in [-0.2, 0) is 0 Å². The first kappa shape index (κ1) is 15.4. The fourth-order valence-corrected chi connectivity index (χ4v) is 2.79. The SMILES string of the molecule is CCNC(c1cc(F)ccc1Cl)c1cccc(F)c1Br. The minimum Gasteiger partial charge on any atom is -0.306 e. The van der Waals surface area contributed by atoms with Crippen LogP contribution in [0, 0.1) is 11.6 Å². The minimum absolute atomic E-state index is 0.353. The molecule has 1 nitrogen and oxygen atoms in total. The molecule has 0 spiro atoms. The molecule has 0 aliphatic carbocycles. The van der Waals surface area contributed by atoms with Gasteiger partial charge >= 0.3 is 0 Å². The number of nitrogens with one attached hydrogen (secondary N) is 1. The Morgan fingerprint density at radius 1 is 1.20 bits per heavy atom. The summed E-state index contributed by atoms with van der Waals surface area (Å²) in [5.41, 5.74) is 1.26. The Hall–Kier alpha value is -0.970. The average Bonchev–Trinajstić information content (AvgIpc) is 2.43. The van der Waals surface area contributed by atoms with Crippen LogP contribution < -0.4 is 5.32 Å². The van der Waals surface area contributed by atoms with Crippen molar-refractivity contribution in [1.82, 2.24) is 5.32 Å². The molecule has 2 aromatic rings. The molecular weight excluding hydrogens is 348 g/mol. The summed E-state index contributed by atoms with van der Waals surface area (Å²) < 4.78 is 27.5. The Bertz CT molecular complexity index is 617. The molecule has 1 unspecified atom stereocenters. The van der Waals surface area contributed by atoms with E-state index in [2.05, 4.69) is 21.2 Å². The molecule has 1 atom stereocenters. The zero-order valence-electron chi connectivity index (χ0n) is 10.8. The van der Waals surface area contributed by atoms with E-state index in [1.807, 2.05) is 6.92 Å². The third-order valence-corrected chi connectivity index (χ3v) is 4.15. The van der Waals surface area contributed by atoms with Gasteiger partial charge in [0.2, 0.25) is 0 Å². The normalized spacial score (nSPS) is 12.4. The maximum absolute atomic E-state index is 13.7. The van der Waals surface area contributed by atoms with E-state index >= 15 is 0 Å². The zero-order chi connectivity index (χ0) is 14.7. The summed E-state index contributed by atoms with van der Waals surface area (Å²) in [6.07, 6.45) is 0. The van der Waals surface area contributed by atoms with Crippen molar-refractivity contribution in [1.29, 1.82) is 0 Å². The van der Waals surface area contributed by atoms with Crippen LogP contribution in [0.4, 0.5) is 8.78 Å². The average molecular weight is 361 g/mol. The summed E-state index contributed by atoms with van der Waals surface area (Å²) >= 11 is 9.39. The summed E-state index contributed by atoms with van der Waals surface area (Å²) in [4.78, 5) is 0. The van der Waals surface area contributed by atoms with Crippen LogP contribution in [0.15, 0.2) is 40.9 Å². The van der Waals surface area contributed by atoms with Crippen LogP contribution in [0.5, 0.6) is 0 Å². The Kier molecular flexibility index (Phi) is 5.13. The molecule has 0 radical (unpaired) electrons. The first-order valence-electron chi connectivity index (χ1n) is 6.16. The molecule has 0 bridgehead atoms. The number of rotatable bonds is 4. The van der Waals surface area contributed by atoms with Crippen LogP contribution in [0.2, 0.25) is 5.02 Å². The molecule has 0 heterocycles. The molecule has 106 valence electrons. The van der Waals surface area contributed by atoms with E-state index in [-0.39, 0.29) is 17.7 Å².